The Labute approximate surface area is 220 Å². The lowest BCUT2D eigenvalue weighted by Gasteiger charge is -2.33. The number of nitrogens with zero attached hydrogens (tertiary/aromatic N) is 1. The molecule has 1 aromatic heterocycles. The van der Waals surface area contributed by atoms with Crippen LogP contribution in [-0.2, 0) is 16.1 Å². The van der Waals surface area contributed by atoms with E-state index in [1.807, 2.05) is 39.0 Å². The number of alkyl carbamates (subject to hydrolysis) is 1. The third-order valence-corrected chi connectivity index (χ3v) is 8.42. The Morgan fingerprint density at radius 3 is 2.30 bits per heavy atom. The number of amides is 1. The minimum atomic E-state index is -2.69. The average molecular weight is 540 g/mol. The lowest BCUT2D eigenvalue weighted by Crippen LogP contribution is -2.41. The van der Waals surface area contributed by atoms with Crippen molar-refractivity contribution in [3.8, 4) is 0 Å². The number of ether oxygens (including phenoxy) is 1. The zero-order valence-corrected chi connectivity index (χ0v) is 23.3. The van der Waals surface area contributed by atoms with Crippen molar-refractivity contribution in [3.05, 3.63) is 29.7 Å². The van der Waals surface area contributed by atoms with Crippen molar-refractivity contribution in [1.82, 2.24) is 15.0 Å². The fourth-order valence-corrected chi connectivity index (χ4v) is 5.57. The van der Waals surface area contributed by atoms with Crippen molar-refractivity contribution >= 4 is 28.6 Å². The zero-order valence-electron chi connectivity index (χ0n) is 22.5. The summed E-state index contributed by atoms with van der Waals surface area (Å²) >= 11 is -1.23. The van der Waals surface area contributed by atoms with Crippen LogP contribution in [-0.4, -0.2) is 31.9 Å². The fraction of sp³-hybridized carbons (Fsp3) is 0.704. The van der Waals surface area contributed by atoms with E-state index in [2.05, 4.69) is 10.0 Å². The molecule has 1 amide bonds. The number of hydrogen-bond acceptors (Lipinski definition) is 6. The predicted octanol–water partition coefficient (Wildman–Crippen LogP) is 6.72. The second kappa shape index (κ2) is 10.3. The van der Waals surface area contributed by atoms with E-state index in [4.69, 9.17) is 14.1 Å². The standard InChI is InChI=1S/C27H39F2N3O4S/c1-25(2,3)36-24(33)31-22(17-11-13-27(28,29)14-12-17)23-30-19-15-18(9-10-20(19)35-23)21(16-7-8-16)32-37(34)26(4,5)6/h9-10,15-17,21-22,32H,7-8,11-14H2,1-6H3,(H,31,33)/t21?,22-,37+/m0/s1. The molecule has 2 aromatic rings. The fourth-order valence-electron chi connectivity index (χ4n) is 4.66. The zero-order chi connectivity index (χ0) is 27.2. The number of carbonyl (C=O) groups is 1. The van der Waals surface area contributed by atoms with Crippen LogP contribution in [0.2, 0.25) is 0 Å². The summed E-state index contributed by atoms with van der Waals surface area (Å²) in [6, 6.07) is 4.95. The van der Waals surface area contributed by atoms with E-state index in [-0.39, 0.29) is 43.5 Å². The maximum absolute atomic E-state index is 13.9. The monoisotopic (exact) mass is 539 g/mol. The molecule has 7 nitrogen and oxygen atoms in total. The Balaban J connectivity index is 1.61. The number of hydrogen-bond donors (Lipinski definition) is 2. The van der Waals surface area contributed by atoms with E-state index >= 15 is 0 Å². The smallest absolute Gasteiger partial charge is 0.408 e. The van der Waals surface area contributed by atoms with Gasteiger partial charge in [-0.1, -0.05) is 6.07 Å². The number of nitrogens with one attached hydrogen (secondary N) is 2. The van der Waals surface area contributed by atoms with Gasteiger partial charge in [0.25, 0.3) is 0 Å². The van der Waals surface area contributed by atoms with Gasteiger partial charge in [0.2, 0.25) is 11.8 Å². The highest BCUT2D eigenvalue weighted by Crippen LogP contribution is 2.44. The second-order valence-electron chi connectivity index (χ2n) is 12.4. The lowest BCUT2D eigenvalue weighted by molar-refractivity contribution is -0.0509. The van der Waals surface area contributed by atoms with Crippen LogP contribution in [0.15, 0.2) is 22.6 Å². The summed E-state index contributed by atoms with van der Waals surface area (Å²) in [6.07, 6.45) is 1.49. The van der Waals surface area contributed by atoms with Gasteiger partial charge >= 0.3 is 6.09 Å². The molecule has 0 bridgehead atoms. The Bertz CT molecular complexity index is 1100. The summed E-state index contributed by atoms with van der Waals surface area (Å²) in [5, 5.41) is 2.84. The molecule has 1 aromatic carbocycles. The summed E-state index contributed by atoms with van der Waals surface area (Å²) in [5.41, 5.74) is 1.42. The number of carbonyl (C=O) groups excluding carboxylic acids is 1. The van der Waals surface area contributed by atoms with E-state index in [0.29, 0.717) is 17.0 Å². The summed E-state index contributed by atoms with van der Waals surface area (Å²) in [7, 11) is 0. The first-order valence-corrected chi connectivity index (χ1v) is 14.2. The van der Waals surface area contributed by atoms with Crippen LogP contribution in [0.5, 0.6) is 0 Å². The summed E-state index contributed by atoms with van der Waals surface area (Å²) in [4.78, 5) is 17.3. The quantitative estimate of drug-likeness (QED) is 0.379. The van der Waals surface area contributed by atoms with Crippen molar-refractivity contribution < 1.29 is 27.3 Å². The highest BCUT2D eigenvalue weighted by atomic mass is 32.2. The van der Waals surface area contributed by atoms with Gasteiger partial charge in [0, 0.05) is 24.2 Å². The predicted molar refractivity (Wildman–Crippen MR) is 140 cm³/mol. The largest absolute Gasteiger partial charge is 0.598 e. The summed E-state index contributed by atoms with van der Waals surface area (Å²) in [6.45, 7) is 11.1. The molecule has 0 saturated heterocycles. The van der Waals surface area contributed by atoms with Crippen LogP contribution >= 0.6 is 0 Å². The van der Waals surface area contributed by atoms with E-state index in [1.54, 1.807) is 20.8 Å². The van der Waals surface area contributed by atoms with Gasteiger partial charge in [0.1, 0.15) is 21.9 Å². The van der Waals surface area contributed by atoms with Crippen molar-refractivity contribution in [2.24, 2.45) is 11.8 Å². The molecule has 3 atom stereocenters. The first-order chi connectivity index (χ1) is 17.1. The molecule has 10 heteroatoms. The topological polar surface area (TPSA) is 99.5 Å². The van der Waals surface area contributed by atoms with Gasteiger partial charge in [0.05, 0.1) is 6.04 Å². The van der Waals surface area contributed by atoms with Gasteiger partial charge in [0.15, 0.2) is 5.58 Å². The Morgan fingerprint density at radius 2 is 1.73 bits per heavy atom. The molecule has 2 aliphatic rings. The maximum Gasteiger partial charge on any atom is 0.408 e. The third-order valence-electron chi connectivity index (χ3n) is 6.84. The highest BCUT2D eigenvalue weighted by molar-refractivity contribution is 7.90. The molecule has 0 radical (unpaired) electrons. The van der Waals surface area contributed by atoms with Crippen molar-refractivity contribution in [1.29, 1.82) is 0 Å². The van der Waals surface area contributed by atoms with Crippen LogP contribution < -0.4 is 10.0 Å². The van der Waals surface area contributed by atoms with Crippen LogP contribution in [0.1, 0.15) is 104 Å². The van der Waals surface area contributed by atoms with Crippen LogP contribution in [0, 0.1) is 11.8 Å². The van der Waals surface area contributed by atoms with E-state index < -0.39 is 39.8 Å². The molecule has 0 aliphatic heterocycles. The van der Waals surface area contributed by atoms with Crippen LogP contribution in [0.25, 0.3) is 11.1 Å². The molecule has 2 saturated carbocycles. The van der Waals surface area contributed by atoms with Gasteiger partial charge < -0.3 is 19.0 Å². The third kappa shape index (κ3) is 7.35. The van der Waals surface area contributed by atoms with Crippen LogP contribution in [0.3, 0.4) is 0 Å². The van der Waals surface area contributed by atoms with E-state index in [0.717, 1.165) is 18.4 Å². The molecule has 0 spiro atoms. The number of halogens is 2. The number of alkyl halides is 2. The SMILES string of the molecule is CC(C)(C)OC(=O)N[C@H](c1nc2cc(C(N[S@+]([O-])C(C)(C)C)C3CC3)ccc2o1)C1CCC(F)(F)CC1. The molecule has 2 aliphatic carbocycles. The first kappa shape index (κ1) is 28.1. The molecule has 1 unspecified atom stereocenters. The van der Waals surface area contributed by atoms with Gasteiger partial charge in [-0.3, -0.25) is 0 Å². The molecule has 2 fully saturated rings. The summed E-state index contributed by atoms with van der Waals surface area (Å²) in [5.74, 6) is -2.26. The number of oxazole rings is 1. The van der Waals surface area contributed by atoms with Gasteiger partial charge in [-0.15, -0.1) is 4.72 Å². The molecule has 1 heterocycles. The minimum Gasteiger partial charge on any atom is -0.598 e. The first-order valence-electron chi connectivity index (χ1n) is 13.1. The highest BCUT2D eigenvalue weighted by Gasteiger charge is 2.41. The Kier molecular flexibility index (Phi) is 7.85. The maximum atomic E-state index is 13.9. The lowest BCUT2D eigenvalue weighted by atomic mass is 9.82. The Morgan fingerprint density at radius 1 is 1.11 bits per heavy atom. The van der Waals surface area contributed by atoms with Crippen molar-refractivity contribution in [3.63, 3.8) is 0 Å². The van der Waals surface area contributed by atoms with Crippen molar-refractivity contribution in [2.75, 3.05) is 0 Å². The summed E-state index contributed by atoms with van der Waals surface area (Å²) < 4.78 is 55.0. The Hall–Kier alpha value is -1.91. The molecule has 2 N–H and O–H groups in total. The van der Waals surface area contributed by atoms with Gasteiger partial charge in [-0.25, -0.2) is 18.6 Å². The normalized spacial score (nSPS) is 21.4. The van der Waals surface area contributed by atoms with E-state index in [1.165, 1.54) is 0 Å². The molecular formula is C27H39F2N3O4S. The molecule has 4 rings (SSSR count). The van der Waals surface area contributed by atoms with Gasteiger partial charge in [-0.2, -0.15) is 0 Å². The number of rotatable bonds is 7. The number of benzene rings is 1. The van der Waals surface area contributed by atoms with Gasteiger partial charge in [-0.05, 0) is 96.8 Å². The average Bonchev–Trinajstić information content (AvgIpc) is 3.51. The second-order valence-corrected chi connectivity index (χ2v) is 14.4. The number of fused-ring (bicyclic) bond motifs is 1. The molecule has 37 heavy (non-hydrogen) atoms. The van der Waals surface area contributed by atoms with Crippen LogP contribution in [0.4, 0.5) is 13.6 Å². The molecule has 206 valence electrons. The minimum absolute atomic E-state index is 0.0686. The molecular weight excluding hydrogens is 500 g/mol. The van der Waals surface area contributed by atoms with Crippen molar-refractivity contribution in [2.45, 2.75) is 108 Å². The van der Waals surface area contributed by atoms with E-state index in [9.17, 15) is 18.1 Å². The number of aromatic nitrogens is 1.